The minimum absolute atomic E-state index is 0.0869. The van der Waals surface area contributed by atoms with Crippen LogP contribution in [0.1, 0.15) is 26.7 Å². The van der Waals surface area contributed by atoms with Crippen LogP contribution in [0.4, 0.5) is 0 Å². The Hall–Kier alpha value is -0.830. The van der Waals surface area contributed by atoms with Crippen molar-refractivity contribution in [2.24, 2.45) is 0 Å². The largest absolute Gasteiger partial charge is 0.460 e. The first kappa shape index (κ1) is 9.26. The van der Waals surface area contributed by atoms with Crippen LogP contribution in [0.25, 0.3) is 0 Å². The average molecular weight is 170 g/mol. The Kier molecular flexibility index (Phi) is 2.87. The zero-order chi connectivity index (χ0) is 9.14. The van der Waals surface area contributed by atoms with E-state index in [1.54, 1.807) is 6.08 Å². The van der Waals surface area contributed by atoms with Crippen LogP contribution in [-0.4, -0.2) is 23.3 Å². The number of esters is 1. The molecule has 0 heterocycles. The molecule has 1 N–H and O–H groups in total. The fourth-order valence-corrected chi connectivity index (χ4v) is 1.16. The lowest BCUT2D eigenvalue weighted by Crippen LogP contribution is -2.12. The van der Waals surface area contributed by atoms with Crippen molar-refractivity contribution in [3.05, 3.63) is 11.6 Å². The molecule has 0 saturated heterocycles. The van der Waals surface area contributed by atoms with E-state index in [4.69, 9.17) is 9.84 Å². The van der Waals surface area contributed by atoms with E-state index in [1.165, 1.54) is 0 Å². The van der Waals surface area contributed by atoms with Crippen molar-refractivity contribution in [2.75, 3.05) is 0 Å². The highest BCUT2D eigenvalue weighted by Gasteiger charge is 2.20. The van der Waals surface area contributed by atoms with Crippen LogP contribution in [-0.2, 0) is 9.53 Å². The number of hydrogen-bond acceptors (Lipinski definition) is 3. The van der Waals surface area contributed by atoms with E-state index >= 15 is 0 Å². The summed E-state index contributed by atoms with van der Waals surface area (Å²) in [5.74, 6) is -0.290. The number of hydrogen-bond donors (Lipinski definition) is 1. The summed E-state index contributed by atoms with van der Waals surface area (Å²) < 4.78 is 4.96. The predicted octanol–water partition coefficient (Wildman–Crippen LogP) is 1.02. The highest BCUT2D eigenvalue weighted by atomic mass is 16.5. The fourth-order valence-electron chi connectivity index (χ4n) is 1.16. The van der Waals surface area contributed by atoms with Gasteiger partial charge < -0.3 is 9.84 Å². The quantitative estimate of drug-likeness (QED) is 0.629. The SMILES string of the molecule is CC(C)OC(=O)C1=C[C@H](O)CC1. The van der Waals surface area contributed by atoms with Gasteiger partial charge in [-0.3, -0.25) is 0 Å². The minimum atomic E-state index is -0.459. The van der Waals surface area contributed by atoms with Gasteiger partial charge in [-0.05, 0) is 32.8 Å². The lowest BCUT2D eigenvalue weighted by atomic mass is 10.2. The first-order chi connectivity index (χ1) is 5.59. The summed E-state index contributed by atoms with van der Waals surface area (Å²) in [6.45, 7) is 3.62. The Balaban J connectivity index is 2.48. The number of aliphatic hydroxyl groups excluding tert-OH is 1. The van der Waals surface area contributed by atoms with E-state index in [2.05, 4.69) is 0 Å². The van der Waals surface area contributed by atoms with E-state index in [9.17, 15) is 4.79 Å². The van der Waals surface area contributed by atoms with Gasteiger partial charge in [-0.25, -0.2) is 4.79 Å². The molecule has 0 aliphatic heterocycles. The standard InChI is InChI=1S/C9H14O3/c1-6(2)12-9(11)7-3-4-8(10)5-7/h5-6,8,10H,3-4H2,1-2H3/t8-/m1/s1. The first-order valence-electron chi connectivity index (χ1n) is 4.19. The summed E-state index contributed by atoms with van der Waals surface area (Å²) >= 11 is 0. The maximum atomic E-state index is 11.2. The smallest absolute Gasteiger partial charge is 0.334 e. The van der Waals surface area contributed by atoms with Gasteiger partial charge >= 0.3 is 5.97 Å². The maximum Gasteiger partial charge on any atom is 0.334 e. The Bertz CT molecular complexity index is 206. The summed E-state index contributed by atoms with van der Waals surface area (Å²) in [7, 11) is 0. The zero-order valence-electron chi connectivity index (χ0n) is 7.41. The molecule has 0 unspecified atom stereocenters. The minimum Gasteiger partial charge on any atom is -0.460 e. The number of aliphatic hydroxyl groups is 1. The number of rotatable bonds is 2. The van der Waals surface area contributed by atoms with Crippen LogP contribution in [0, 0.1) is 0 Å². The number of carbonyl (C=O) groups excluding carboxylic acids is 1. The second kappa shape index (κ2) is 3.72. The zero-order valence-corrected chi connectivity index (χ0v) is 7.41. The highest BCUT2D eigenvalue weighted by Crippen LogP contribution is 2.19. The van der Waals surface area contributed by atoms with Gasteiger partial charge in [-0.15, -0.1) is 0 Å². The number of ether oxygens (including phenoxy) is 1. The maximum absolute atomic E-state index is 11.2. The van der Waals surface area contributed by atoms with Crippen molar-refractivity contribution < 1.29 is 14.6 Å². The van der Waals surface area contributed by atoms with Gasteiger partial charge in [0.25, 0.3) is 0 Å². The van der Waals surface area contributed by atoms with Crippen molar-refractivity contribution >= 4 is 5.97 Å². The van der Waals surface area contributed by atoms with E-state index < -0.39 is 6.10 Å². The molecular weight excluding hydrogens is 156 g/mol. The van der Waals surface area contributed by atoms with Crippen LogP contribution in [0.2, 0.25) is 0 Å². The topological polar surface area (TPSA) is 46.5 Å². The van der Waals surface area contributed by atoms with Gasteiger partial charge in [0.15, 0.2) is 0 Å². The van der Waals surface area contributed by atoms with Gasteiger partial charge in [0.1, 0.15) is 0 Å². The molecule has 0 aromatic carbocycles. The third kappa shape index (κ3) is 2.34. The van der Waals surface area contributed by atoms with Gasteiger partial charge in [0, 0.05) is 5.57 Å². The summed E-state index contributed by atoms with van der Waals surface area (Å²) in [4.78, 5) is 11.2. The Labute approximate surface area is 72.0 Å². The molecule has 1 aliphatic carbocycles. The molecule has 1 atom stereocenters. The van der Waals surface area contributed by atoms with Crippen LogP contribution < -0.4 is 0 Å². The van der Waals surface area contributed by atoms with E-state index in [0.717, 1.165) is 0 Å². The molecule has 0 saturated carbocycles. The summed E-state index contributed by atoms with van der Waals surface area (Å²) in [5, 5.41) is 9.10. The van der Waals surface area contributed by atoms with Crippen LogP contribution in [0.3, 0.4) is 0 Å². The molecule has 0 spiro atoms. The Morgan fingerprint density at radius 3 is 2.83 bits per heavy atom. The first-order valence-corrected chi connectivity index (χ1v) is 4.19. The van der Waals surface area contributed by atoms with Crippen LogP contribution >= 0.6 is 0 Å². The van der Waals surface area contributed by atoms with E-state index in [0.29, 0.717) is 18.4 Å². The predicted molar refractivity (Wildman–Crippen MR) is 44.6 cm³/mol. The monoisotopic (exact) mass is 170 g/mol. The molecule has 0 amide bonds. The lowest BCUT2D eigenvalue weighted by Gasteiger charge is -2.07. The number of carbonyl (C=O) groups is 1. The van der Waals surface area contributed by atoms with Crippen molar-refractivity contribution in [2.45, 2.75) is 38.9 Å². The third-order valence-electron chi connectivity index (χ3n) is 1.71. The summed E-state index contributed by atoms with van der Waals surface area (Å²) in [5.41, 5.74) is 0.608. The van der Waals surface area contributed by atoms with Crippen LogP contribution in [0.15, 0.2) is 11.6 Å². The molecule has 3 nitrogen and oxygen atoms in total. The molecule has 0 aromatic heterocycles. The van der Waals surface area contributed by atoms with Gasteiger partial charge in [-0.2, -0.15) is 0 Å². The average Bonchev–Trinajstić information content (AvgIpc) is 2.34. The molecule has 3 heteroatoms. The molecular formula is C9H14O3. The van der Waals surface area contributed by atoms with Crippen molar-refractivity contribution in [1.82, 2.24) is 0 Å². The van der Waals surface area contributed by atoms with Crippen LogP contribution in [0.5, 0.6) is 0 Å². The second-order valence-electron chi connectivity index (χ2n) is 3.25. The molecule has 12 heavy (non-hydrogen) atoms. The molecule has 1 rings (SSSR count). The molecule has 0 bridgehead atoms. The highest BCUT2D eigenvalue weighted by molar-refractivity contribution is 5.89. The Morgan fingerprint density at radius 1 is 1.75 bits per heavy atom. The normalized spacial score (nSPS) is 22.7. The van der Waals surface area contributed by atoms with Crippen molar-refractivity contribution in [1.29, 1.82) is 0 Å². The summed E-state index contributed by atoms with van der Waals surface area (Å²) in [6, 6.07) is 0. The van der Waals surface area contributed by atoms with E-state index in [1.807, 2.05) is 13.8 Å². The van der Waals surface area contributed by atoms with Crippen molar-refractivity contribution in [3.63, 3.8) is 0 Å². The van der Waals surface area contributed by atoms with Gasteiger partial charge in [-0.1, -0.05) is 0 Å². The third-order valence-corrected chi connectivity index (χ3v) is 1.71. The summed E-state index contributed by atoms with van der Waals surface area (Å²) in [6.07, 6.45) is 2.30. The molecule has 0 aromatic rings. The van der Waals surface area contributed by atoms with Gasteiger partial charge in [0.05, 0.1) is 12.2 Å². The second-order valence-corrected chi connectivity index (χ2v) is 3.25. The molecule has 1 aliphatic rings. The molecule has 0 fully saturated rings. The Morgan fingerprint density at radius 2 is 2.42 bits per heavy atom. The molecule has 0 radical (unpaired) electrons. The molecule has 68 valence electrons. The van der Waals surface area contributed by atoms with Gasteiger partial charge in [0.2, 0.25) is 0 Å². The van der Waals surface area contributed by atoms with E-state index in [-0.39, 0.29) is 12.1 Å². The van der Waals surface area contributed by atoms with Crippen molar-refractivity contribution in [3.8, 4) is 0 Å². The fraction of sp³-hybridized carbons (Fsp3) is 0.667. The lowest BCUT2D eigenvalue weighted by molar-refractivity contribution is -0.142.